The summed E-state index contributed by atoms with van der Waals surface area (Å²) in [6.45, 7) is 9.21. The number of hydrogen-bond donors (Lipinski definition) is 0. The predicted molar refractivity (Wildman–Crippen MR) is 154 cm³/mol. The molecule has 1 saturated carbocycles. The van der Waals surface area contributed by atoms with E-state index < -0.39 is 17.9 Å². The van der Waals surface area contributed by atoms with Gasteiger partial charge in [-0.3, -0.25) is 9.59 Å². The second-order valence-electron chi connectivity index (χ2n) is 9.83. The molecule has 0 heterocycles. The Labute approximate surface area is 240 Å². The van der Waals surface area contributed by atoms with Crippen LogP contribution in [0, 0.1) is 0 Å². The van der Waals surface area contributed by atoms with Crippen LogP contribution in [0.15, 0.2) is 78.9 Å². The van der Waals surface area contributed by atoms with E-state index in [-0.39, 0.29) is 36.1 Å². The lowest BCUT2D eigenvalue weighted by atomic mass is 9.98. The third kappa shape index (κ3) is 10.9. The molecule has 1 fully saturated rings. The average molecular weight is 561 g/mol. The molecule has 0 atom stereocenters. The van der Waals surface area contributed by atoms with E-state index in [0.717, 1.165) is 31.2 Å². The van der Waals surface area contributed by atoms with Gasteiger partial charge in [-0.2, -0.15) is 0 Å². The molecule has 2 aromatic carbocycles. The normalized spacial score (nSPS) is 13.3. The third-order valence-electron chi connectivity index (χ3n) is 6.29. The van der Waals surface area contributed by atoms with Crippen molar-refractivity contribution in [2.24, 2.45) is 0 Å². The first kappa shape index (κ1) is 31.1. The highest BCUT2D eigenvalue weighted by atomic mass is 16.5. The molecule has 0 N–H and O–H groups in total. The van der Waals surface area contributed by atoms with Crippen LogP contribution in [0.25, 0.3) is 6.08 Å². The molecular weight excluding hydrogens is 524 g/mol. The summed E-state index contributed by atoms with van der Waals surface area (Å²) in [7, 11) is 0. The van der Waals surface area contributed by atoms with Gasteiger partial charge in [-0.05, 0) is 80.6 Å². The van der Waals surface area contributed by atoms with Gasteiger partial charge in [-0.25, -0.2) is 9.59 Å². The highest BCUT2D eigenvalue weighted by molar-refractivity contribution is 6.06. The van der Waals surface area contributed by atoms with Crippen LogP contribution in [0.1, 0.15) is 67.8 Å². The molecule has 0 aliphatic heterocycles. The number of rotatable bonds is 14. The summed E-state index contributed by atoms with van der Waals surface area (Å²) < 4.78 is 21.4. The summed E-state index contributed by atoms with van der Waals surface area (Å²) in [5.74, 6) is -0.799. The molecule has 0 unspecified atom stereocenters. The monoisotopic (exact) mass is 560 g/mol. The maximum absolute atomic E-state index is 12.5. The smallest absolute Gasteiger partial charge is 0.338 e. The lowest BCUT2D eigenvalue weighted by Crippen LogP contribution is -2.22. The van der Waals surface area contributed by atoms with Crippen LogP contribution < -0.4 is 9.47 Å². The lowest BCUT2D eigenvalue weighted by molar-refractivity contribution is -0.151. The van der Waals surface area contributed by atoms with Gasteiger partial charge in [0.05, 0.1) is 19.6 Å². The van der Waals surface area contributed by atoms with Crippen molar-refractivity contribution in [2.75, 3.05) is 13.2 Å². The maximum Gasteiger partial charge on any atom is 0.338 e. The molecule has 8 heteroatoms. The van der Waals surface area contributed by atoms with E-state index in [2.05, 4.69) is 13.2 Å². The SMILES string of the molecule is C=C(C)C(=O)Oc1ccc(C(=O)/C=C/c2ccc(OCCCOC(=O)C(=C)CC(=O)OC3CCCCC3)cc2)cc1. The number of benzene rings is 2. The molecule has 1 aliphatic rings. The first-order chi connectivity index (χ1) is 19.7. The van der Waals surface area contributed by atoms with Crippen LogP contribution in [-0.2, 0) is 23.9 Å². The molecular formula is C33H36O8. The van der Waals surface area contributed by atoms with Gasteiger partial charge in [0, 0.05) is 23.1 Å². The van der Waals surface area contributed by atoms with E-state index in [1.165, 1.54) is 12.5 Å². The fraction of sp³-hybridized carbons (Fsp3) is 0.333. The van der Waals surface area contributed by atoms with E-state index >= 15 is 0 Å². The third-order valence-corrected chi connectivity index (χ3v) is 6.29. The standard InChI is InChI=1S/C33H36O8/c1-23(2)32(36)41-29-17-13-26(14-18-29)30(34)19-12-25-10-15-27(16-11-25)38-20-7-21-39-33(37)24(3)22-31(35)40-28-8-5-4-6-9-28/h10-19,28H,1,3-9,20-22H2,2H3/b19-12+. The van der Waals surface area contributed by atoms with Gasteiger partial charge in [0.15, 0.2) is 5.78 Å². The Hall–Kier alpha value is -4.46. The zero-order chi connectivity index (χ0) is 29.6. The molecule has 0 saturated heterocycles. The minimum Gasteiger partial charge on any atom is -0.493 e. The van der Waals surface area contributed by atoms with Gasteiger partial charge < -0.3 is 18.9 Å². The van der Waals surface area contributed by atoms with Gasteiger partial charge in [0.25, 0.3) is 0 Å². The Kier molecular flexibility index (Phi) is 12.1. The van der Waals surface area contributed by atoms with Gasteiger partial charge in [0.2, 0.25) is 0 Å². The fourth-order valence-electron chi connectivity index (χ4n) is 4.00. The van der Waals surface area contributed by atoms with E-state index in [0.29, 0.717) is 30.1 Å². The lowest BCUT2D eigenvalue weighted by Gasteiger charge is -2.21. The zero-order valence-corrected chi connectivity index (χ0v) is 23.4. The zero-order valence-electron chi connectivity index (χ0n) is 23.4. The topological polar surface area (TPSA) is 105 Å². The van der Waals surface area contributed by atoms with Crippen molar-refractivity contribution in [3.8, 4) is 11.5 Å². The van der Waals surface area contributed by atoms with Crippen molar-refractivity contribution in [3.05, 3.63) is 90.0 Å². The molecule has 0 aromatic heterocycles. The van der Waals surface area contributed by atoms with E-state index in [4.69, 9.17) is 18.9 Å². The second kappa shape index (κ2) is 16.0. The molecule has 0 spiro atoms. The summed E-state index contributed by atoms with van der Waals surface area (Å²) in [4.78, 5) is 48.2. The minimum atomic E-state index is -0.613. The maximum atomic E-state index is 12.5. The number of hydrogen-bond acceptors (Lipinski definition) is 8. The van der Waals surface area contributed by atoms with Crippen molar-refractivity contribution < 1.29 is 38.1 Å². The first-order valence-electron chi connectivity index (χ1n) is 13.7. The second-order valence-corrected chi connectivity index (χ2v) is 9.83. The molecule has 0 amide bonds. The molecule has 8 nitrogen and oxygen atoms in total. The first-order valence-corrected chi connectivity index (χ1v) is 13.7. The molecule has 0 bridgehead atoms. The Balaban J connectivity index is 1.33. The van der Waals surface area contributed by atoms with Crippen LogP contribution in [0.5, 0.6) is 11.5 Å². The summed E-state index contributed by atoms with van der Waals surface area (Å²) in [6, 6.07) is 13.5. The molecule has 3 rings (SSSR count). The summed E-state index contributed by atoms with van der Waals surface area (Å²) >= 11 is 0. The molecule has 2 aromatic rings. The van der Waals surface area contributed by atoms with Crippen LogP contribution in [0.2, 0.25) is 0 Å². The highest BCUT2D eigenvalue weighted by Gasteiger charge is 2.20. The van der Waals surface area contributed by atoms with Crippen LogP contribution in [0.4, 0.5) is 0 Å². The summed E-state index contributed by atoms with van der Waals surface area (Å²) in [6.07, 6.45) is 8.41. The number of allylic oxidation sites excluding steroid dienone is 1. The average Bonchev–Trinajstić information content (AvgIpc) is 2.97. The Morgan fingerprint density at radius 2 is 1.51 bits per heavy atom. The van der Waals surface area contributed by atoms with Gasteiger partial charge in [-0.15, -0.1) is 0 Å². The van der Waals surface area contributed by atoms with E-state index in [9.17, 15) is 19.2 Å². The quantitative estimate of drug-likeness (QED) is 0.0884. The molecule has 0 radical (unpaired) electrons. The Morgan fingerprint density at radius 3 is 2.17 bits per heavy atom. The van der Waals surface area contributed by atoms with Gasteiger partial charge in [0.1, 0.15) is 17.6 Å². The number of ketones is 1. The van der Waals surface area contributed by atoms with Crippen molar-refractivity contribution in [3.63, 3.8) is 0 Å². The number of ether oxygens (including phenoxy) is 4. The summed E-state index contributed by atoms with van der Waals surface area (Å²) in [5.41, 5.74) is 1.64. The summed E-state index contributed by atoms with van der Waals surface area (Å²) in [5, 5.41) is 0. The highest BCUT2D eigenvalue weighted by Crippen LogP contribution is 2.21. The van der Waals surface area contributed by atoms with Crippen LogP contribution in [0.3, 0.4) is 0 Å². The van der Waals surface area contributed by atoms with Gasteiger partial charge >= 0.3 is 17.9 Å². The Morgan fingerprint density at radius 1 is 0.854 bits per heavy atom. The van der Waals surface area contributed by atoms with E-state index in [1.54, 1.807) is 49.4 Å². The minimum absolute atomic E-state index is 0.0595. The van der Waals surface area contributed by atoms with E-state index in [1.807, 2.05) is 12.1 Å². The number of carbonyl (C=O) groups is 4. The van der Waals surface area contributed by atoms with Crippen molar-refractivity contribution in [1.82, 2.24) is 0 Å². The van der Waals surface area contributed by atoms with Crippen molar-refractivity contribution >= 4 is 29.8 Å². The predicted octanol–water partition coefficient (Wildman–Crippen LogP) is 6.20. The number of esters is 3. The number of carbonyl (C=O) groups excluding carboxylic acids is 4. The molecule has 1 aliphatic carbocycles. The van der Waals surface area contributed by atoms with Crippen molar-refractivity contribution in [2.45, 2.75) is 58.0 Å². The van der Waals surface area contributed by atoms with Crippen LogP contribution in [-0.4, -0.2) is 43.0 Å². The van der Waals surface area contributed by atoms with Gasteiger partial charge in [-0.1, -0.05) is 37.8 Å². The largest absolute Gasteiger partial charge is 0.493 e. The fourth-order valence-corrected chi connectivity index (χ4v) is 4.00. The molecule has 216 valence electrons. The van der Waals surface area contributed by atoms with Crippen molar-refractivity contribution in [1.29, 1.82) is 0 Å². The molecule has 41 heavy (non-hydrogen) atoms. The Bertz CT molecular complexity index is 1270. The van der Waals surface area contributed by atoms with Crippen LogP contribution >= 0.6 is 0 Å².